The number of nitrogens with zero attached hydrogens (tertiary/aromatic N) is 1. The van der Waals surface area contributed by atoms with E-state index in [2.05, 4.69) is 5.32 Å². The molecule has 1 aliphatic heterocycles. The maximum Gasteiger partial charge on any atom is 0.316 e. The molecule has 1 amide bonds. The maximum absolute atomic E-state index is 12.7. The smallest absolute Gasteiger partial charge is 0.316 e. The monoisotopic (exact) mass is 430 g/mol. The number of rotatable bonds is 7. The van der Waals surface area contributed by atoms with Crippen molar-refractivity contribution in [1.82, 2.24) is 4.31 Å². The Kier molecular flexibility index (Phi) is 6.58. The molecule has 0 saturated carbocycles. The molecule has 8 heteroatoms. The number of esters is 1. The van der Waals surface area contributed by atoms with Crippen molar-refractivity contribution >= 4 is 27.6 Å². The molecule has 1 fully saturated rings. The largest absolute Gasteiger partial charge is 0.455 e. The summed E-state index contributed by atoms with van der Waals surface area (Å²) in [6, 6.07) is 15.3. The highest BCUT2D eigenvalue weighted by Crippen LogP contribution is 2.25. The van der Waals surface area contributed by atoms with Crippen LogP contribution in [0, 0.1) is 0 Å². The predicted octanol–water partition coefficient (Wildman–Crippen LogP) is 2.93. The van der Waals surface area contributed by atoms with Crippen LogP contribution in [-0.4, -0.2) is 44.3 Å². The maximum atomic E-state index is 12.7. The lowest BCUT2D eigenvalue weighted by molar-refractivity contribution is -0.152. The molecular formula is C22H26N2O5S. The molecule has 1 heterocycles. The Morgan fingerprint density at radius 3 is 2.37 bits per heavy atom. The van der Waals surface area contributed by atoms with E-state index in [4.69, 9.17) is 4.74 Å². The molecule has 2 aromatic carbocycles. The molecule has 2 aromatic rings. The molecule has 3 rings (SSSR count). The normalized spacial score (nSPS) is 15.0. The summed E-state index contributed by atoms with van der Waals surface area (Å²) in [4.78, 5) is 24.8. The number of ether oxygens (including phenoxy) is 1. The van der Waals surface area contributed by atoms with Gasteiger partial charge in [-0.25, -0.2) is 8.42 Å². The van der Waals surface area contributed by atoms with E-state index < -0.39 is 33.9 Å². The van der Waals surface area contributed by atoms with Crippen LogP contribution in [-0.2, 0) is 29.8 Å². The van der Waals surface area contributed by atoms with Crippen LogP contribution in [0.4, 0.5) is 5.69 Å². The third kappa shape index (κ3) is 4.88. The van der Waals surface area contributed by atoms with Crippen molar-refractivity contribution in [1.29, 1.82) is 0 Å². The molecule has 0 aromatic heterocycles. The molecule has 0 bridgehead atoms. The van der Waals surface area contributed by atoms with Gasteiger partial charge in [0.15, 0.2) is 6.61 Å². The fourth-order valence-electron chi connectivity index (χ4n) is 3.29. The lowest BCUT2D eigenvalue weighted by Gasteiger charge is -2.22. The first kappa shape index (κ1) is 22.0. The molecule has 7 nitrogen and oxygen atoms in total. The van der Waals surface area contributed by atoms with Crippen molar-refractivity contribution in [3.8, 4) is 0 Å². The summed E-state index contributed by atoms with van der Waals surface area (Å²) >= 11 is 0. The summed E-state index contributed by atoms with van der Waals surface area (Å²) in [6.07, 6.45) is 1.70. The van der Waals surface area contributed by atoms with E-state index >= 15 is 0 Å². The minimum Gasteiger partial charge on any atom is -0.455 e. The molecular weight excluding hydrogens is 404 g/mol. The van der Waals surface area contributed by atoms with Crippen LogP contribution in [0.5, 0.6) is 0 Å². The van der Waals surface area contributed by atoms with Crippen LogP contribution < -0.4 is 5.32 Å². The lowest BCUT2D eigenvalue weighted by atomic mass is 9.85. The van der Waals surface area contributed by atoms with E-state index in [1.807, 2.05) is 30.3 Å². The fourth-order valence-corrected chi connectivity index (χ4v) is 4.86. The van der Waals surface area contributed by atoms with Gasteiger partial charge < -0.3 is 10.1 Å². The molecule has 1 saturated heterocycles. The van der Waals surface area contributed by atoms with Crippen molar-refractivity contribution in [2.24, 2.45) is 0 Å². The minimum absolute atomic E-state index is 0.129. The number of nitrogens with one attached hydrogen (secondary N) is 1. The van der Waals surface area contributed by atoms with Crippen LogP contribution in [0.1, 0.15) is 32.3 Å². The van der Waals surface area contributed by atoms with Crippen molar-refractivity contribution in [2.45, 2.75) is 37.0 Å². The second kappa shape index (κ2) is 8.97. The number of benzene rings is 2. The van der Waals surface area contributed by atoms with Gasteiger partial charge in [0.1, 0.15) is 0 Å². The average Bonchev–Trinajstić information content (AvgIpc) is 3.28. The van der Waals surface area contributed by atoms with E-state index in [-0.39, 0.29) is 4.90 Å². The zero-order valence-corrected chi connectivity index (χ0v) is 17.9. The Morgan fingerprint density at radius 1 is 1.03 bits per heavy atom. The third-order valence-corrected chi connectivity index (χ3v) is 7.06. The molecule has 1 aliphatic rings. The standard InChI is InChI=1S/C22H26N2O5S/c1-22(2,17-9-4-3-5-10-17)21(26)29-16-20(25)23-18-11-8-12-19(15-18)30(27,28)24-13-6-7-14-24/h3-5,8-12,15H,6-7,13-14,16H2,1-2H3,(H,23,25). The van der Waals surface area contributed by atoms with Gasteiger partial charge in [-0.15, -0.1) is 0 Å². The topological polar surface area (TPSA) is 92.8 Å². The Morgan fingerprint density at radius 2 is 1.70 bits per heavy atom. The second-order valence-electron chi connectivity index (χ2n) is 7.75. The van der Waals surface area contributed by atoms with Gasteiger partial charge in [0.05, 0.1) is 10.3 Å². The van der Waals surface area contributed by atoms with E-state index in [1.54, 1.807) is 26.0 Å². The Balaban J connectivity index is 1.61. The van der Waals surface area contributed by atoms with Crippen molar-refractivity contribution in [2.75, 3.05) is 25.0 Å². The summed E-state index contributed by atoms with van der Waals surface area (Å²) in [5, 5.41) is 2.59. The van der Waals surface area contributed by atoms with Crippen molar-refractivity contribution < 1.29 is 22.7 Å². The second-order valence-corrected chi connectivity index (χ2v) is 9.69. The molecule has 1 N–H and O–H groups in total. The first-order valence-electron chi connectivity index (χ1n) is 9.84. The molecule has 0 unspecified atom stereocenters. The van der Waals surface area contributed by atoms with Crippen LogP contribution in [0.2, 0.25) is 0 Å². The van der Waals surface area contributed by atoms with E-state index in [0.29, 0.717) is 18.8 Å². The van der Waals surface area contributed by atoms with E-state index in [1.165, 1.54) is 16.4 Å². The van der Waals surface area contributed by atoms with E-state index in [9.17, 15) is 18.0 Å². The Hall–Kier alpha value is -2.71. The SMILES string of the molecule is CC(C)(C(=O)OCC(=O)Nc1cccc(S(=O)(=O)N2CCCC2)c1)c1ccccc1. The zero-order valence-electron chi connectivity index (χ0n) is 17.1. The first-order chi connectivity index (χ1) is 14.2. The molecule has 0 radical (unpaired) electrons. The van der Waals surface area contributed by atoms with Crippen LogP contribution >= 0.6 is 0 Å². The summed E-state index contributed by atoms with van der Waals surface area (Å²) in [6.45, 7) is 4.01. The number of hydrogen-bond acceptors (Lipinski definition) is 5. The predicted molar refractivity (Wildman–Crippen MR) is 113 cm³/mol. The van der Waals surface area contributed by atoms with Gasteiger partial charge in [-0.2, -0.15) is 4.31 Å². The summed E-state index contributed by atoms with van der Waals surface area (Å²) in [5.41, 5.74) is 0.222. The number of anilines is 1. The van der Waals surface area contributed by atoms with Gasteiger partial charge in [-0.05, 0) is 50.5 Å². The molecule has 30 heavy (non-hydrogen) atoms. The Bertz CT molecular complexity index is 1010. The lowest BCUT2D eigenvalue weighted by Crippen LogP contribution is -2.33. The van der Waals surface area contributed by atoms with Gasteiger partial charge in [-0.3, -0.25) is 9.59 Å². The van der Waals surface area contributed by atoms with Gasteiger partial charge in [0.2, 0.25) is 10.0 Å². The third-order valence-electron chi connectivity index (χ3n) is 5.16. The van der Waals surface area contributed by atoms with Crippen LogP contribution in [0.25, 0.3) is 0 Å². The highest BCUT2D eigenvalue weighted by Gasteiger charge is 2.32. The quantitative estimate of drug-likeness (QED) is 0.682. The van der Waals surface area contributed by atoms with Crippen molar-refractivity contribution in [3.05, 3.63) is 60.2 Å². The van der Waals surface area contributed by atoms with Gasteiger partial charge in [-0.1, -0.05) is 36.4 Å². The fraction of sp³-hybridized carbons (Fsp3) is 0.364. The molecule has 0 atom stereocenters. The van der Waals surface area contributed by atoms with Gasteiger partial charge in [0.25, 0.3) is 5.91 Å². The van der Waals surface area contributed by atoms with Crippen LogP contribution in [0.15, 0.2) is 59.5 Å². The highest BCUT2D eigenvalue weighted by molar-refractivity contribution is 7.89. The summed E-state index contributed by atoms with van der Waals surface area (Å²) in [5.74, 6) is -1.06. The summed E-state index contributed by atoms with van der Waals surface area (Å²) in [7, 11) is -3.58. The van der Waals surface area contributed by atoms with Crippen molar-refractivity contribution in [3.63, 3.8) is 0 Å². The summed E-state index contributed by atoms with van der Waals surface area (Å²) < 4.78 is 32.0. The minimum atomic E-state index is -3.58. The zero-order chi connectivity index (χ0) is 21.8. The number of sulfonamides is 1. The first-order valence-corrected chi connectivity index (χ1v) is 11.3. The number of hydrogen-bond donors (Lipinski definition) is 1. The van der Waals surface area contributed by atoms with Gasteiger partial charge >= 0.3 is 5.97 Å². The van der Waals surface area contributed by atoms with Gasteiger partial charge in [0, 0.05) is 18.8 Å². The average molecular weight is 431 g/mol. The molecule has 0 aliphatic carbocycles. The highest BCUT2D eigenvalue weighted by atomic mass is 32.2. The molecule has 0 spiro atoms. The molecule has 160 valence electrons. The van der Waals surface area contributed by atoms with E-state index in [0.717, 1.165) is 18.4 Å². The number of carbonyl (C=O) groups is 2. The van der Waals surface area contributed by atoms with Crippen LogP contribution in [0.3, 0.4) is 0 Å². The Labute approximate surface area is 177 Å². The number of amides is 1. The number of carbonyl (C=O) groups excluding carboxylic acids is 2.